The van der Waals surface area contributed by atoms with Crippen LogP contribution in [-0.4, -0.2) is 15.1 Å². The number of benzene rings is 2. The zero-order valence-electron chi connectivity index (χ0n) is 15.5. The monoisotopic (exact) mass is 381 g/mol. The van der Waals surface area contributed by atoms with E-state index in [1.165, 1.54) is 0 Å². The molecule has 0 bridgehead atoms. The van der Waals surface area contributed by atoms with Gasteiger partial charge in [-0.2, -0.15) is 10.5 Å². The molecule has 2 aromatic carbocycles. The number of nitrogens with two attached hydrogens (primary N) is 1. The number of nitrogen functional groups attached to an aromatic ring is 1. The van der Waals surface area contributed by atoms with Crippen molar-refractivity contribution in [2.24, 2.45) is 0 Å². The van der Waals surface area contributed by atoms with Crippen molar-refractivity contribution in [1.29, 1.82) is 10.5 Å². The van der Waals surface area contributed by atoms with E-state index < -0.39 is 0 Å². The lowest BCUT2D eigenvalue weighted by molar-refractivity contribution is 0.282. The van der Waals surface area contributed by atoms with Crippen LogP contribution < -0.4 is 5.73 Å². The number of nitrogens with zero attached hydrogens (tertiary/aromatic N) is 4. The average molecular weight is 381 g/mol. The SMILES string of the molecule is Cc1c(N)cccc1-c1nccc(-c2nc3cc(CO)cc(C#N)c3o2)c1C#N. The van der Waals surface area contributed by atoms with Crippen LogP contribution >= 0.6 is 0 Å². The van der Waals surface area contributed by atoms with Crippen LogP contribution in [0.5, 0.6) is 0 Å². The fourth-order valence-electron chi connectivity index (χ4n) is 3.25. The molecule has 0 aliphatic carbocycles. The van der Waals surface area contributed by atoms with Gasteiger partial charge >= 0.3 is 0 Å². The third-order valence-electron chi connectivity index (χ3n) is 4.78. The molecule has 0 atom stereocenters. The lowest BCUT2D eigenvalue weighted by atomic mass is 9.97. The number of aliphatic hydroxyl groups is 1. The normalized spacial score (nSPS) is 10.6. The number of nitriles is 2. The van der Waals surface area contributed by atoms with Gasteiger partial charge in [0, 0.05) is 17.4 Å². The minimum absolute atomic E-state index is 0.202. The van der Waals surface area contributed by atoms with Crippen LogP contribution in [0.25, 0.3) is 33.8 Å². The van der Waals surface area contributed by atoms with Crippen molar-refractivity contribution in [2.75, 3.05) is 5.73 Å². The van der Waals surface area contributed by atoms with E-state index in [0.29, 0.717) is 39.2 Å². The third kappa shape index (κ3) is 2.96. The molecule has 0 unspecified atom stereocenters. The van der Waals surface area contributed by atoms with E-state index in [1.807, 2.05) is 19.1 Å². The largest absolute Gasteiger partial charge is 0.435 e. The molecule has 0 spiro atoms. The summed E-state index contributed by atoms with van der Waals surface area (Å²) < 4.78 is 5.84. The summed E-state index contributed by atoms with van der Waals surface area (Å²) in [5, 5.41) is 28.7. The molecule has 7 nitrogen and oxygen atoms in total. The highest BCUT2D eigenvalue weighted by Crippen LogP contribution is 2.35. The van der Waals surface area contributed by atoms with Crippen molar-refractivity contribution in [2.45, 2.75) is 13.5 Å². The number of hydrogen-bond acceptors (Lipinski definition) is 7. The Balaban J connectivity index is 1.96. The summed E-state index contributed by atoms with van der Waals surface area (Å²) in [5.74, 6) is 0.202. The molecule has 29 heavy (non-hydrogen) atoms. The Hall–Kier alpha value is -4.20. The standard InChI is InChI=1S/C22H15N5O2/c1-12-15(3-2-4-18(12)25)20-17(10-24)16(5-6-26-20)22-27-19-8-13(11-28)7-14(9-23)21(19)29-22/h2-8,28H,11,25H2,1H3. The first-order valence-corrected chi connectivity index (χ1v) is 8.76. The summed E-state index contributed by atoms with van der Waals surface area (Å²) in [5.41, 5.74) is 11.0. The Morgan fingerprint density at radius 1 is 1.14 bits per heavy atom. The fourth-order valence-corrected chi connectivity index (χ4v) is 3.25. The van der Waals surface area contributed by atoms with Crippen LogP contribution in [0.15, 0.2) is 47.0 Å². The van der Waals surface area contributed by atoms with E-state index in [-0.39, 0.29) is 18.1 Å². The van der Waals surface area contributed by atoms with E-state index in [4.69, 9.17) is 10.2 Å². The molecule has 2 aromatic heterocycles. The molecule has 0 radical (unpaired) electrons. The average Bonchev–Trinajstić information content (AvgIpc) is 3.18. The van der Waals surface area contributed by atoms with Gasteiger partial charge in [0.1, 0.15) is 17.7 Å². The molecular formula is C22H15N5O2. The molecule has 4 rings (SSSR count). The molecule has 0 amide bonds. The van der Waals surface area contributed by atoms with Crippen molar-refractivity contribution in [3.63, 3.8) is 0 Å². The third-order valence-corrected chi connectivity index (χ3v) is 4.78. The van der Waals surface area contributed by atoms with Crippen molar-refractivity contribution >= 4 is 16.8 Å². The second kappa shape index (κ2) is 7.08. The van der Waals surface area contributed by atoms with Gasteiger partial charge in [-0.3, -0.25) is 4.98 Å². The highest BCUT2D eigenvalue weighted by atomic mass is 16.3. The quantitative estimate of drug-likeness (QED) is 0.517. The first kappa shape index (κ1) is 18.2. The van der Waals surface area contributed by atoms with Crippen molar-refractivity contribution in [1.82, 2.24) is 9.97 Å². The van der Waals surface area contributed by atoms with Gasteiger partial charge in [0.25, 0.3) is 0 Å². The highest BCUT2D eigenvalue weighted by Gasteiger charge is 2.20. The number of oxazole rings is 1. The van der Waals surface area contributed by atoms with Gasteiger partial charge in [-0.05, 0) is 42.3 Å². The number of fused-ring (bicyclic) bond motifs is 1. The Bertz CT molecular complexity index is 1340. The molecule has 0 aliphatic rings. The number of aromatic nitrogens is 2. The van der Waals surface area contributed by atoms with Crippen LogP contribution in [0.1, 0.15) is 22.3 Å². The summed E-state index contributed by atoms with van der Waals surface area (Å²) in [4.78, 5) is 8.84. The minimum atomic E-state index is -0.218. The number of rotatable bonds is 3. The van der Waals surface area contributed by atoms with E-state index in [1.54, 1.807) is 30.5 Å². The smallest absolute Gasteiger partial charge is 0.228 e. The predicted octanol–water partition coefficient (Wildman–Crippen LogP) is 3.68. The van der Waals surface area contributed by atoms with Gasteiger partial charge in [-0.25, -0.2) is 4.98 Å². The molecule has 4 aromatic rings. The Morgan fingerprint density at radius 2 is 1.97 bits per heavy atom. The Labute approximate surface area is 166 Å². The minimum Gasteiger partial charge on any atom is -0.435 e. The van der Waals surface area contributed by atoms with Crippen molar-refractivity contribution < 1.29 is 9.52 Å². The van der Waals surface area contributed by atoms with Crippen LogP contribution in [0, 0.1) is 29.6 Å². The van der Waals surface area contributed by atoms with Crippen LogP contribution in [0.2, 0.25) is 0 Å². The second-order valence-corrected chi connectivity index (χ2v) is 6.49. The number of pyridine rings is 1. The maximum absolute atomic E-state index is 9.86. The molecule has 0 saturated carbocycles. The van der Waals surface area contributed by atoms with Crippen molar-refractivity contribution in [3.05, 3.63) is 64.8 Å². The van der Waals surface area contributed by atoms with E-state index >= 15 is 0 Å². The number of aliphatic hydroxyl groups excluding tert-OH is 1. The molecule has 7 heteroatoms. The number of anilines is 1. The van der Waals surface area contributed by atoms with E-state index in [0.717, 1.165) is 11.1 Å². The zero-order valence-corrected chi connectivity index (χ0v) is 15.5. The lowest BCUT2D eigenvalue weighted by Crippen LogP contribution is -1.97. The summed E-state index contributed by atoms with van der Waals surface area (Å²) >= 11 is 0. The molecule has 3 N–H and O–H groups in total. The molecule has 140 valence electrons. The number of hydrogen-bond donors (Lipinski definition) is 2. The van der Waals surface area contributed by atoms with Gasteiger partial charge in [0.15, 0.2) is 5.58 Å². The van der Waals surface area contributed by atoms with E-state index in [9.17, 15) is 15.6 Å². The Kier molecular flexibility index (Phi) is 4.44. The van der Waals surface area contributed by atoms with Gasteiger partial charge in [-0.1, -0.05) is 12.1 Å². The zero-order chi connectivity index (χ0) is 20.5. The van der Waals surface area contributed by atoms with Crippen molar-refractivity contribution in [3.8, 4) is 34.8 Å². The molecule has 0 aliphatic heterocycles. The highest BCUT2D eigenvalue weighted by molar-refractivity contribution is 5.85. The van der Waals surface area contributed by atoms with Gasteiger partial charge in [-0.15, -0.1) is 0 Å². The van der Waals surface area contributed by atoms with E-state index in [2.05, 4.69) is 22.1 Å². The van der Waals surface area contributed by atoms with Gasteiger partial charge < -0.3 is 15.3 Å². The molecule has 2 heterocycles. The first-order valence-electron chi connectivity index (χ1n) is 8.76. The summed E-state index contributed by atoms with van der Waals surface area (Å²) in [7, 11) is 0. The van der Waals surface area contributed by atoms with Gasteiger partial charge in [0.05, 0.1) is 29.0 Å². The van der Waals surface area contributed by atoms with Gasteiger partial charge in [0.2, 0.25) is 5.89 Å². The second-order valence-electron chi connectivity index (χ2n) is 6.49. The summed E-state index contributed by atoms with van der Waals surface area (Å²) in [6.07, 6.45) is 1.58. The molecule has 0 saturated heterocycles. The first-order chi connectivity index (χ1) is 14.1. The topological polar surface area (TPSA) is 133 Å². The fraction of sp³-hybridized carbons (Fsp3) is 0.0909. The molecular weight excluding hydrogens is 366 g/mol. The molecule has 0 fully saturated rings. The Morgan fingerprint density at radius 3 is 2.69 bits per heavy atom. The maximum atomic E-state index is 9.86. The van der Waals surface area contributed by atoms with Crippen LogP contribution in [0.4, 0.5) is 5.69 Å². The summed E-state index contributed by atoms with van der Waals surface area (Å²) in [6, 6.07) is 14.5. The lowest BCUT2D eigenvalue weighted by Gasteiger charge is -2.10. The van der Waals surface area contributed by atoms with Crippen LogP contribution in [-0.2, 0) is 6.61 Å². The predicted molar refractivity (Wildman–Crippen MR) is 107 cm³/mol. The van der Waals surface area contributed by atoms with Crippen LogP contribution in [0.3, 0.4) is 0 Å². The summed E-state index contributed by atoms with van der Waals surface area (Å²) in [6.45, 7) is 1.65. The maximum Gasteiger partial charge on any atom is 0.228 e.